The van der Waals surface area contributed by atoms with Crippen molar-refractivity contribution in [2.45, 2.75) is 6.10 Å². The van der Waals surface area contributed by atoms with Crippen molar-refractivity contribution in [3.8, 4) is 0 Å². The lowest BCUT2D eigenvalue weighted by molar-refractivity contribution is 0.0699. The van der Waals surface area contributed by atoms with E-state index in [2.05, 4.69) is 9.97 Å². The van der Waals surface area contributed by atoms with Gasteiger partial charge in [0.25, 0.3) is 0 Å². The Labute approximate surface area is 109 Å². The first-order chi connectivity index (χ1) is 9.19. The molecule has 1 fully saturated rings. The summed E-state index contributed by atoms with van der Waals surface area (Å²) in [6.45, 7) is 1.53. The fourth-order valence-electron chi connectivity index (χ4n) is 2.13. The van der Waals surface area contributed by atoms with Gasteiger partial charge in [0.2, 0.25) is 5.95 Å². The van der Waals surface area contributed by atoms with Crippen LogP contribution in [0.3, 0.4) is 0 Å². The minimum absolute atomic E-state index is 0.224. The Morgan fingerprint density at radius 1 is 1.47 bits per heavy atom. The molecule has 1 aromatic heterocycles. The largest absolute Gasteiger partial charge is 0.478 e. The number of carboxylic acid groups (broad SMARTS) is 1. The van der Waals surface area contributed by atoms with Crippen molar-refractivity contribution in [1.82, 2.24) is 9.97 Å². The lowest BCUT2D eigenvalue weighted by atomic mass is 10.1. The monoisotopic (exact) mass is 259 g/mol. The van der Waals surface area contributed by atoms with E-state index < -0.39 is 5.97 Å². The number of hydrogen-bond acceptors (Lipinski definition) is 5. The zero-order valence-corrected chi connectivity index (χ0v) is 10.4. The van der Waals surface area contributed by atoms with E-state index in [0.29, 0.717) is 16.9 Å². The van der Waals surface area contributed by atoms with E-state index in [9.17, 15) is 4.79 Å². The van der Waals surface area contributed by atoms with Crippen LogP contribution < -0.4 is 4.90 Å². The molecular formula is C13H13N3O3. The summed E-state index contributed by atoms with van der Waals surface area (Å²) in [5, 5.41) is 9.66. The molecule has 2 aromatic rings. The van der Waals surface area contributed by atoms with Crippen LogP contribution in [0.2, 0.25) is 0 Å². The summed E-state index contributed by atoms with van der Waals surface area (Å²) < 4.78 is 5.20. The average Bonchev–Trinajstić information content (AvgIpc) is 2.36. The molecule has 1 aliphatic rings. The molecule has 0 spiro atoms. The number of aromatic carboxylic acids is 1. The second-order valence-electron chi connectivity index (χ2n) is 4.48. The van der Waals surface area contributed by atoms with Crippen molar-refractivity contribution in [2.24, 2.45) is 0 Å². The Kier molecular flexibility index (Phi) is 2.79. The van der Waals surface area contributed by atoms with Crippen LogP contribution in [0.5, 0.6) is 0 Å². The maximum atomic E-state index is 11.1. The molecule has 1 N–H and O–H groups in total. The molecule has 0 unspecified atom stereocenters. The molecule has 19 heavy (non-hydrogen) atoms. The molecule has 0 saturated carbocycles. The zero-order chi connectivity index (χ0) is 13.4. The van der Waals surface area contributed by atoms with E-state index in [4.69, 9.17) is 9.84 Å². The van der Waals surface area contributed by atoms with Gasteiger partial charge in [0.15, 0.2) is 0 Å². The van der Waals surface area contributed by atoms with Gasteiger partial charge in [-0.3, -0.25) is 0 Å². The van der Waals surface area contributed by atoms with E-state index in [1.54, 1.807) is 31.5 Å². The fourth-order valence-corrected chi connectivity index (χ4v) is 2.13. The lowest BCUT2D eigenvalue weighted by Crippen LogP contribution is -2.52. The minimum Gasteiger partial charge on any atom is -0.478 e. The van der Waals surface area contributed by atoms with Crippen LogP contribution in [-0.4, -0.2) is 47.3 Å². The standard InChI is InChI=1S/C13H13N3O3/c1-19-8-6-16(7-8)13-14-5-10-9(12(17)18)3-2-4-11(10)15-13/h2-5,8H,6-7H2,1H3,(H,17,18). The Hall–Kier alpha value is -2.21. The predicted molar refractivity (Wildman–Crippen MR) is 69.5 cm³/mol. The maximum Gasteiger partial charge on any atom is 0.336 e. The van der Waals surface area contributed by atoms with E-state index in [-0.39, 0.29) is 11.7 Å². The van der Waals surface area contributed by atoms with E-state index in [0.717, 1.165) is 13.1 Å². The van der Waals surface area contributed by atoms with E-state index in [1.807, 2.05) is 4.90 Å². The van der Waals surface area contributed by atoms with Gasteiger partial charge in [0, 0.05) is 31.8 Å². The minimum atomic E-state index is -0.967. The number of hydrogen-bond donors (Lipinski definition) is 1. The van der Waals surface area contributed by atoms with E-state index in [1.165, 1.54) is 0 Å². The summed E-state index contributed by atoms with van der Waals surface area (Å²) in [5.41, 5.74) is 0.869. The molecule has 6 nitrogen and oxygen atoms in total. The molecule has 0 aliphatic carbocycles. The van der Waals surface area contributed by atoms with Crippen LogP contribution in [0.4, 0.5) is 5.95 Å². The van der Waals surface area contributed by atoms with Crippen LogP contribution in [0.25, 0.3) is 10.9 Å². The molecule has 6 heteroatoms. The van der Waals surface area contributed by atoms with Gasteiger partial charge < -0.3 is 14.7 Å². The van der Waals surface area contributed by atoms with Crippen molar-refractivity contribution < 1.29 is 14.6 Å². The number of fused-ring (bicyclic) bond motifs is 1. The second kappa shape index (κ2) is 4.47. The highest BCUT2D eigenvalue weighted by Crippen LogP contribution is 2.22. The zero-order valence-electron chi connectivity index (χ0n) is 10.4. The van der Waals surface area contributed by atoms with Crippen molar-refractivity contribution in [3.05, 3.63) is 30.0 Å². The third-order valence-corrected chi connectivity index (χ3v) is 3.31. The second-order valence-corrected chi connectivity index (χ2v) is 4.48. The number of methoxy groups -OCH3 is 1. The van der Waals surface area contributed by atoms with Gasteiger partial charge >= 0.3 is 5.97 Å². The van der Waals surface area contributed by atoms with Gasteiger partial charge in [0.1, 0.15) is 0 Å². The Morgan fingerprint density at radius 3 is 2.95 bits per heavy atom. The topological polar surface area (TPSA) is 75.5 Å². The lowest BCUT2D eigenvalue weighted by Gasteiger charge is -2.38. The number of benzene rings is 1. The molecule has 1 aromatic carbocycles. The normalized spacial score (nSPS) is 15.5. The number of nitrogens with zero attached hydrogens (tertiary/aromatic N) is 3. The molecule has 0 amide bonds. The first-order valence-electron chi connectivity index (χ1n) is 5.96. The van der Waals surface area contributed by atoms with Crippen molar-refractivity contribution in [3.63, 3.8) is 0 Å². The number of ether oxygens (including phenoxy) is 1. The molecule has 2 heterocycles. The fraction of sp³-hybridized carbons (Fsp3) is 0.308. The van der Waals surface area contributed by atoms with Crippen molar-refractivity contribution in [1.29, 1.82) is 0 Å². The van der Waals surface area contributed by atoms with Gasteiger partial charge in [-0.1, -0.05) is 6.07 Å². The van der Waals surface area contributed by atoms with Crippen LogP contribution in [0, 0.1) is 0 Å². The summed E-state index contributed by atoms with van der Waals surface area (Å²) in [6, 6.07) is 5.04. The third kappa shape index (κ3) is 2.00. The summed E-state index contributed by atoms with van der Waals surface area (Å²) in [4.78, 5) is 21.7. The van der Waals surface area contributed by atoms with Gasteiger partial charge in [-0.05, 0) is 12.1 Å². The first kappa shape index (κ1) is 11.9. The number of carbonyl (C=O) groups is 1. The maximum absolute atomic E-state index is 11.1. The Balaban J connectivity index is 1.96. The molecule has 3 rings (SSSR count). The highest BCUT2D eigenvalue weighted by Gasteiger charge is 2.28. The highest BCUT2D eigenvalue weighted by molar-refractivity contribution is 6.02. The van der Waals surface area contributed by atoms with Crippen LogP contribution in [-0.2, 0) is 4.74 Å². The van der Waals surface area contributed by atoms with Crippen molar-refractivity contribution in [2.75, 3.05) is 25.1 Å². The Bertz CT molecular complexity index is 638. The third-order valence-electron chi connectivity index (χ3n) is 3.31. The number of aromatic nitrogens is 2. The average molecular weight is 259 g/mol. The van der Waals surface area contributed by atoms with Crippen molar-refractivity contribution >= 4 is 22.8 Å². The molecule has 1 saturated heterocycles. The van der Waals surface area contributed by atoms with Gasteiger partial charge in [-0.2, -0.15) is 0 Å². The number of rotatable bonds is 3. The number of anilines is 1. The molecule has 0 bridgehead atoms. The van der Waals surface area contributed by atoms with E-state index >= 15 is 0 Å². The SMILES string of the molecule is COC1CN(c2ncc3c(C(=O)O)cccc3n2)C1. The predicted octanol–water partition coefficient (Wildman–Crippen LogP) is 1.16. The van der Waals surface area contributed by atoms with Gasteiger partial charge in [0.05, 0.1) is 17.2 Å². The first-order valence-corrected chi connectivity index (χ1v) is 5.96. The van der Waals surface area contributed by atoms with Crippen LogP contribution >= 0.6 is 0 Å². The number of carboxylic acids is 1. The summed E-state index contributed by atoms with van der Waals surface area (Å²) in [6.07, 6.45) is 1.80. The molecule has 0 atom stereocenters. The molecule has 98 valence electrons. The summed E-state index contributed by atoms with van der Waals surface area (Å²) in [7, 11) is 1.68. The van der Waals surface area contributed by atoms with Gasteiger partial charge in [-0.25, -0.2) is 14.8 Å². The van der Waals surface area contributed by atoms with Gasteiger partial charge in [-0.15, -0.1) is 0 Å². The molecule has 0 radical (unpaired) electrons. The summed E-state index contributed by atoms with van der Waals surface area (Å²) >= 11 is 0. The summed E-state index contributed by atoms with van der Waals surface area (Å²) in [5.74, 6) is -0.353. The smallest absolute Gasteiger partial charge is 0.336 e. The van der Waals surface area contributed by atoms with Crippen LogP contribution in [0.15, 0.2) is 24.4 Å². The Morgan fingerprint density at radius 2 is 2.26 bits per heavy atom. The van der Waals surface area contributed by atoms with Crippen LogP contribution in [0.1, 0.15) is 10.4 Å². The quantitative estimate of drug-likeness (QED) is 0.891. The highest BCUT2D eigenvalue weighted by atomic mass is 16.5. The molecular weight excluding hydrogens is 246 g/mol. The molecule has 1 aliphatic heterocycles.